The molecule has 6 heteroatoms. The van der Waals surface area contributed by atoms with E-state index in [1.807, 2.05) is 29.8 Å². The summed E-state index contributed by atoms with van der Waals surface area (Å²) in [5.74, 6) is 0.113. The van der Waals surface area contributed by atoms with E-state index in [4.69, 9.17) is 0 Å². The van der Waals surface area contributed by atoms with Crippen LogP contribution in [0.15, 0.2) is 36.0 Å². The molecule has 21 heavy (non-hydrogen) atoms. The molecule has 3 heterocycles. The van der Waals surface area contributed by atoms with Crippen molar-refractivity contribution in [3.05, 3.63) is 41.7 Å². The van der Waals surface area contributed by atoms with Crippen LogP contribution in [0.25, 0.3) is 0 Å². The molecule has 2 aromatic heterocycles. The van der Waals surface area contributed by atoms with Gasteiger partial charge >= 0.3 is 0 Å². The molecule has 1 fully saturated rings. The fourth-order valence-electron chi connectivity index (χ4n) is 2.63. The van der Waals surface area contributed by atoms with E-state index in [2.05, 4.69) is 20.2 Å². The lowest BCUT2D eigenvalue weighted by Crippen LogP contribution is -2.40. The van der Waals surface area contributed by atoms with Crippen molar-refractivity contribution in [2.45, 2.75) is 19.4 Å². The van der Waals surface area contributed by atoms with Crippen LogP contribution >= 0.6 is 11.3 Å². The van der Waals surface area contributed by atoms with Gasteiger partial charge in [-0.2, -0.15) is 0 Å². The lowest BCUT2D eigenvalue weighted by atomic mass is 9.97. The zero-order chi connectivity index (χ0) is 14.5. The third-order valence-corrected chi connectivity index (χ3v) is 4.34. The van der Waals surface area contributed by atoms with Crippen LogP contribution in [-0.2, 0) is 11.3 Å². The molecule has 110 valence electrons. The lowest BCUT2D eigenvalue weighted by molar-refractivity contribution is -0.121. The van der Waals surface area contributed by atoms with E-state index < -0.39 is 0 Å². The average molecular weight is 302 g/mol. The molecule has 0 aliphatic carbocycles. The summed E-state index contributed by atoms with van der Waals surface area (Å²) >= 11 is 1.45. The van der Waals surface area contributed by atoms with E-state index in [9.17, 15) is 4.79 Å². The molecule has 1 saturated heterocycles. The standard InChI is InChI=1S/C15H18N4OS/c20-14(18-15-17-7-9-21-15)12-4-3-8-19(10-12)11-13-5-1-2-6-16-13/h1-2,5-7,9,12H,3-4,8,10-11H2,(H,17,18,20)/t12-/m0/s1. The molecule has 1 aliphatic rings. The number of likely N-dealkylation sites (tertiary alicyclic amines) is 1. The Kier molecular flexibility index (Phi) is 4.57. The summed E-state index contributed by atoms with van der Waals surface area (Å²) in [5.41, 5.74) is 1.05. The van der Waals surface area contributed by atoms with Gasteiger partial charge in [-0.15, -0.1) is 11.3 Å². The van der Waals surface area contributed by atoms with Crippen molar-refractivity contribution < 1.29 is 4.79 Å². The SMILES string of the molecule is O=C(Nc1nccs1)[C@H]1CCCN(Cc2ccccn2)C1. The number of anilines is 1. The summed E-state index contributed by atoms with van der Waals surface area (Å²) in [5, 5.41) is 5.45. The molecule has 1 aliphatic heterocycles. The zero-order valence-electron chi connectivity index (χ0n) is 11.7. The molecular weight excluding hydrogens is 284 g/mol. The summed E-state index contributed by atoms with van der Waals surface area (Å²) in [6, 6.07) is 5.95. The first-order chi connectivity index (χ1) is 10.3. The molecule has 0 unspecified atom stereocenters. The quantitative estimate of drug-likeness (QED) is 0.942. The van der Waals surface area contributed by atoms with E-state index in [0.717, 1.165) is 38.2 Å². The molecule has 0 bridgehead atoms. The predicted molar refractivity (Wildman–Crippen MR) is 83.0 cm³/mol. The van der Waals surface area contributed by atoms with Gasteiger partial charge in [-0.05, 0) is 31.5 Å². The number of rotatable bonds is 4. The Hall–Kier alpha value is -1.79. The lowest BCUT2D eigenvalue weighted by Gasteiger charge is -2.31. The smallest absolute Gasteiger partial charge is 0.230 e. The molecule has 1 amide bonds. The topological polar surface area (TPSA) is 58.1 Å². The highest BCUT2D eigenvalue weighted by Crippen LogP contribution is 2.20. The van der Waals surface area contributed by atoms with E-state index in [1.54, 1.807) is 6.20 Å². The zero-order valence-corrected chi connectivity index (χ0v) is 12.6. The van der Waals surface area contributed by atoms with Gasteiger partial charge in [-0.1, -0.05) is 6.07 Å². The Morgan fingerprint density at radius 2 is 2.33 bits per heavy atom. The molecule has 0 radical (unpaired) electrons. The first-order valence-electron chi connectivity index (χ1n) is 7.14. The van der Waals surface area contributed by atoms with Gasteiger partial charge in [0.05, 0.1) is 11.6 Å². The first kappa shape index (κ1) is 14.2. The second kappa shape index (κ2) is 6.78. The number of hydrogen-bond acceptors (Lipinski definition) is 5. The van der Waals surface area contributed by atoms with E-state index in [0.29, 0.717) is 5.13 Å². The molecule has 0 aromatic carbocycles. The summed E-state index contributed by atoms with van der Waals surface area (Å²) < 4.78 is 0. The number of nitrogens with one attached hydrogen (secondary N) is 1. The van der Waals surface area contributed by atoms with Crippen molar-refractivity contribution in [2.75, 3.05) is 18.4 Å². The number of carbonyl (C=O) groups excluding carboxylic acids is 1. The Morgan fingerprint density at radius 1 is 1.38 bits per heavy atom. The molecule has 0 spiro atoms. The van der Waals surface area contributed by atoms with Crippen molar-refractivity contribution in [1.29, 1.82) is 0 Å². The van der Waals surface area contributed by atoms with Gasteiger partial charge in [0, 0.05) is 30.9 Å². The van der Waals surface area contributed by atoms with Crippen LogP contribution in [0, 0.1) is 5.92 Å². The third kappa shape index (κ3) is 3.86. The largest absolute Gasteiger partial charge is 0.302 e. The normalized spacial score (nSPS) is 19.3. The highest BCUT2D eigenvalue weighted by molar-refractivity contribution is 7.13. The van der Waals surface area contributed by atoms with Gasteiger partial charge in [-0.25, -0.2) is 4.98 Å². The van der Waals surface area contributed by atoms with Gasteiger partial charge in [0.2, 0.25) is 5.91 Å². The van der Waals surface area contributed by atoms with Crippen molar-refractivity contribution >= 4 is 22.4 Å². The number of pyridine rings is 1. The highest BCUT2D eigenvalue weighted by atomic mass is 32.1. The number of nitrogens with zero attached hydrogens (tertiary/aromatic N) is 3. The number of thiazole rings is 1. The summed E-state index contributed by atoms with van der Waals surface area (Å²) in [4.78, 5) is 23.0. The number of aromatic nitrogens is 2. The van der Waals surface area contributed by atoms with Crippen LogP contribution in [0.4, 0.5) is 5.13 Å². The van der Waals surface area contributed by atoms with Crippen LogP contribution in [0.5, 0.6) is 0 Å². The molecule has 5 nitrogen and oxygen atoms in total. The predicted octanol–water partition coefficient (Wildman–Crippen LogP) is 2.39. The van der Waals surface area contributed by atoms with Crippen molar-refractivity contribution in [3.8, 4) is 0 Å². The first-order valence-corrected chi connectivity index (χ1v) is 8.02. The number of carbonyl (C=O) groups is 1. The van der Waals surface area contributed by atoms with Crippen molar-refractivity contribution in [2.24, 2.45) is 5.92 Å². The fourth-order valence-corrected chi connectivity index (χ4v) is 3.16. The second-order valence-corrected chi connectivity index (χ2v) is 6.12. The van der Waals surface area contributed by atoms with Crippen LogP contribution in [-0.4, -0.2) is 33.9 Å². The number of hydrogen-bond donors (Lipinski definition) is 1. The van der Waals surface area contributed by atoms with E-state index in [-0.39, 0.29) is 11.8 Å². The average Bonchev–Trinajstić information content (AvgIpc) is 3.01. The van der Waals surface area contributed by atoms with Gasteiger partial charge in [0.25, 0.3) is 0 Å². The Morgan fingerprint density at radius 3 is 3.10 bits per heavy atom. The maximum absolute atomic E-state index is 12.3. The number of amides is 1. The molecule has 3 rings (SSSR count). The monoisotopic (exact) mass is 302 g/mol. The maximum Gasteiger partial charge on any atom is 0.230 e. The summed E-state index contributed by atoms with van der Waals surface area (Å²) in [7, 11) is 0. The maximum atomic E-state index is 12.3. The molecule has 0 saturated carbocycles. The van der Waals surface area contributed by atoms with Crippen molar-refractivity contribution in [3.63, 3.8) is 0 Å². The summed E-state index contributed by atoms with van der Waals surface area (Å²) in [6.07, 6.45) is 5.50. The highest BCUT2D eigenvalue weighted by Gasteiger charge is 2.26. The molecule has 1 atom stereocenters. The third-order valence-electron chi connectivity index (χ3n) is 3.65. The minimum atomic E-state index is 0.0337. The molecule has 2 aromatic rings. The summed E-state index contributed by atoms with van der Waals surface area (Å²) in [6.45, 7) is 2.62. The number of piperidine rings is 1. The van der Waals surface area contributed by atoms with E-state index >= 15 is 0 Å². The van der Waals surface area contributed by atoms with Gasteiger partial charge in [0.15, 0.2) is 5.13 Å². The van der Waals surface area contributed by atoms with Crippen molar-refractivity contribution in [1.82, 2.24) is 14.9 Å². The van der Waals surface area contributed by atoms with Gasteiger partial charge in [-0.3, -0.25) is 14.7 Å². The van der Waals surface area contributed by atoms with Crippen LogP contribution in [0.3, 0.4) is 0 Å². The van der Waals surface area contributed by atoms with Crippen LogP contribution in [0.2, 0.25) is 0 Å². The second-order valence-electron chi connectivity index (χ2n) is 5.22. The molecular formula is C15H18N4OS. The van der Waals surface area contributed by atoms with Gasteiger partial charge in [0.1, 0.15) is 0 Å². The molecule has 1 N–H and O–H groups in total. The minimum absolute atomic E-state index is 0.0337. The Labute approximate surface area is 128 Å². The minimum Gasteiger partial charge on any atom is -0.302 e. The Balaban J connectivity index is 1.56. The van der Waals surface area contributed by atoms with E-state index in [1.165, 1.54) is 11.3 Å². The van der Waals surface area contributed by atoms with Gasteiger partial charge < -0.3 is 5.32 Å². The van der Waals surface area contributed by atoms with Crippen LogP contribution in [0.1, 0.15) is 18.5 Å². The Bertz CT molecular complexity index is 573. The van der Waals surface area contributed by atoms with Crippen LogP contribution < -0.4 is 5.32 Å². The fraction of sp³-hybridized carbons (Fsp3) is 0.400.